The molecule has 1 saturated carbocycles. The van der Waals surface area contributed by atoms with Crippen LogP contribution in [0.5, 0.6) is 5.75 Å². The zero-order valence-electron chi connectivity index (χ0n) is 18.8. The van der Waals surface area contributed by atoms with Gasteiger partial charge in [-0.15, -0.1) is 0 Å². The number of anilines is 1. The van der Waals surface area contributed by atoms with Crippen LogP contribution in [0.15, 0.2) is 36.4 Å². The molecule has 176 valence electrons. The van der Waals surface area contributed by atoms with Crippen molar-refractivity contribution in [2.24, 2.45) is 0 Å². The van der Waals surface area contributed by atoms with Gasteiger partial charge >= 0.3 is 5.97 Å². The summed E-state index contributed by atoms with van der Waals surface area (Å²) in [6, 6.07) is 11.1. The van der Waals surface area contributed by atoms with Crippen LogP contribution in [0.25, 0.3) is 0 Å². The van der Waals surface area contributed by atoms with Crippen molar-refractivity contribution in [2.45, 2.75) is 57.5 Å². The average Bonchev–Trinajstić information content (AvgIpc) is 3.25. The van der Waals surface area contributed by atoms with Gasteiger partial charge < -0.3 is 20.1 Å². The lowest BCUT2D eigenvalue weighted by Crippen LogP contribution is -2.37. The molecule has 0 spiro atoms. The van der Waals surface area contributed by atoms with Crippen molar-refractivity contribution < 1.29 is 23.8 Å². The van der Waals surface area contributed by atoms with Crippen molar-refractivity contribution in [3.63, 3.8) is 0 Å². The fourth-order valence-corrected chi connectivity index (χ4v) is 4.74. The van der Waals surface area contributed by atoms with Gasteiger partial charge in [-0.05, 0) is 60.6 Å². The molecule has 0 bridgehead atoms. The van der Waals surface area contributed by atoms with Gasteiger partial charge in [0.05, 0.1) is 13.0 Å². The number of carboxylic acid groups (broad SMARTS) is 1. The number of hydrogen-bond donors (Lipinski definition) is 2. The topological polar surface area (TPSA) is 78.9 Å². The molecule has 0 radical (unpaired) electrons. The Bertz CT molecular complexity index is 1000. The quantitative estimate of drug-likeness (QED) is 0.549. The number of ether oxygens (including phenoxy) is 1. The second-order valence-electron chi connectivity index (χ2n) is 8.88. The molecule has 0 atom stereocenters. The molecule has 1 heterocycles. The van der Waals surface area contributed by atoms with Gasteiger partial charge in [0.25, 0.3) is 0 Å². The molecule has 0 aromatic heterocycles. The summed E-state index contributed by atoms with van der Waals surface area (Å²) in [5.41, 5.74) is 3.49. The Labute approximate surface area is 193 Å². The molecule has 1 fully saturated rings. The maximum absolute atomic E-state index is 14.7. The summed E-state index contributed by atoms with van der Waals surface area (Å²) >= 11 is 0. The predicted molar refractivity (Wildman–Crippen MR) is 124 cm³/mol. The number of hydrogen-bond acceptors (Lipinski definition) is 4. The molecule has 2 aromatic carbocycles. The van der Waals surface area contributed by atoms with E-state index in [4.69, 9.17) is 9.84 Å². The van der Waals surface area contributed by atoms with Crippen LogP contribution in [0.3, 0.4) is 0 Å². The summed E-state index contributed by atoms with van der Waals surface area (Å²) < 4.78 is 20.5. The molecule has 0 saturated heterocycles. The standard InChI is InChI=1S/C26H31FN2O4/c27-23-15-19(18-4-2-1-3-5-18)6-7-21(23)17-33-22-8-9-24-20(14-22)11-13-29(24)25(30)16-28-12-10-26(31)32/h6-9,14-15,18,28H,1-5,10-13,16-17H2,(H,31,32). The Kier molecular flexibility index (Phi) is 7.60. The van der Waals surface area contributed by atoms with Gasteiger partial charge in [-0.1, -0.05) is 31.4 Å². The van der Waals surface area contributed by atoms with Crippen molar-refractivity contribution in [1.82, 2.24) is 5.32 Å². The van der Waals surface area contributed by atoms with Crippen LogP contribution in [0, 0.1) is 5.82 Å². The van der Waals surface area contributed by atoms with E-state index in [9.17, 15) is 14.0 Å². The number of amides is 1. The molecule has 0 unspecified atom stereocenters. The first-order chi connectivity index (χ1) is 16.0. The fourth-order valence-electron chi connectivity index (χ4n) is 4.74. The number of carbonyl (C=O) groups is 2. The van der Waals surface area contributed by atoms with Gasteiger partial charge in [0, 0.05) is 24.3 Å². The average molecular weight is 455 g/mol. The maximum Gasteiger partial charge on any atom is 0.304 e. The number of aliphatic carboxylic acids is 1. The summed E-state index contributed by atoms with van der Waals surface area (Å²) in [4.78, 5) is 24.7. The first-order valence-corrected chi connectivity index (χ1v) is 11.8. The number of carbonyl (C=O) groups excluding carboxylic acids is 1. The van der Waals surface area contributed by atoms with Gasteiger partial charge in [0.15, 0.2) is 0 Å². The number of halogens is 1. The van der Waals surface area contributed by atoms with E-state index in [-0.39, 0.29) is 37.8 Å². The van der Waals surface area contributed by atoms with Crippen molar-refractivity contribution in [3.8, 4) is 5.75 Å². The number of nitrogens with one attached hydrogen (secondary N) is 1. The van der Waals surface area contributed by atoms with E-state index < -0.39 is 5.97 Å². The molecule has 1 aliphatic carbocycles. The highest BCUT2D eigenvalue weighted by Gasteiger charge is 2.25. The number of benzene rings is 2. The number of carboxylic acids is 1. The normalized spacial score (nSPS) is 16.0. The molecular weight excluding hydrogens is 423 g/mol. The third kappa shape index (κ3) is 5.90. The van der Waals surface area contributed by atoms with Crippen molar-refractivity contribution in [1.29, 1.82) is 0 Å². The van der Waals surface area contributed by atoms with E-state index in [0.717, 1.165) is 36.1 Å². The molecule has 1 amide bonds. The lowest BCUT2D eigenvalue weighted by molar-refractivity contribution is -0.137. The minimum Gasteiger partial charge on any atom is -0.489 e. The summed E-state index contributed by atoms with van der Waals surface area (Å²) in [5.74, 6) is -0.0790. The minimum absolute atomic E-state index is 0.0194. The van der Waals surface area contributed by atoms with Gasteiger partial charge in [-0.2, -0.15) is 0 Å². The molecule has 1 aliphatic heterocycles. The summed E-state index contributed by atoms with van der Waals surface area (Å²) in [5, 5.41) is 11.5. The van der Waals surface area contributed by atoms with Gasteiger partial charge in [0.2, 0.25) is 5.91 Å². The van der Waals surface area contributed by atoms with Gasteiger partial charge in [-0.25, -0.2) is 4.39 Å². The lowest BCUT2D eigenvalue weighted by atomic mass is 9.84. The molecule has 33 heavy (non-hydrogen) atoms. The van der Waals surface area contributed by atoms with Crippen LogP contribution >= 0.6 is 0 Å². The third-order valence-corrected chi connectivity index (χ3v) is 6.59. The Balaban J connectivity index is 1.32. The minimum atomic E-state index is -0.894. The van der Waals surface area contributed by atoms with Crippen molar-refractivity contribution in [3.05, 3.63) is 58.9 Å². The zero-order chi connectivity index (χ0) is 23.2. The van der Waals surface area contributed by atoms with Gasteiger partial charge in [-0.3, -0.25) is 9.59 Å². The molecule has 7 heteroatoms. The first-order valence-electron chi connectivity index (χ1n) is 11.8. The molecule has 2 aliphatic rings. The number of nitrogens with zero attached hydrogens (tertiary/aromatic N) is 1. The molecule has 4 rings (SSSR count). The molecule has 6 nitrogen and oxygen atoms in total. The van der Waals surface area contributed by atoms with E-state index in [1.807, 2.05) is 24.3 Å². The fraction of sp³-hybridized carbons (Fsp3) is 0.462. The second-order valence-corrected chi connectivity index (χ2v) is 8.88. The van der Waals surface area contributed by atoms with Crippen molar-refractivity contribution in [2.75, 3.05) is 24.5 Å². The predicted octanol–water partition coefficient (Wildman–Crippen LogP) is 4.41. The highest BCUT2D eigenvalue weighted by atomic mass is 19.1. The van der Waals surface area contributed by atoms with E-state index in [1.54, 1.807) is 17.0 Å². The lowest BCUT2D eigenvalue weighted by Gasteiger charge is -2.22. The highest BCUT2D eigenvalue weighted by Crippen LogP contribution is 2.34. The Hall–Kier alpha value is -2.93. The maximum atomic E-state index is 14.7. The molecule has 2 aromatic rings. The van der Waals surface area contributed by atoms with E-state index >= 15 is 0 Å². The summed E-state index contributed by atoms with van der Waals surface area (Å²) in [6.45, 7) is 1.09. The van der Waals surface area contributed by atoms with Gasteiger partial charge in [0.1, 0.15) is 18.2 Å². The van der Waals surface area contributed by atoms with Crippen LogP contribution < -0.4 is 15.0 Å². The van der Waals surface area contributed by atoms with Crippen molar-refractivity contribution >= 4 is 17.6 Å². The Morgan fingerprint density at radius 1 is 1.12 bits per heavy atom. The zero-order valence-corrected chi connectivity index (χ0v) is 18.8. The van der Waals surface area contributed by atoms with Crippen LogP contribution in [0.2, 0.25) is 0 Å². The highest BCUT2D eigenvalue weighted by molar-refractivity contribution is 5.96. The SMILES string of the molecule is O=C(O)CCNCC(=O)N1CCc2cc(OCc3ccc(C4CCCCC4)cc3F)ccc21. The first kappa shape index (κ1) is 23.2. The number of rotatable bonds is 9. The summed E-state index contributed by atoms with van der Waals surface area (Å²) in [7, 11) is 0. The molecule has 2 N–H and O–H groups in total. The largest absolute Gasteiger partial charge is 0.489 e. The molecular formula is C26H31FN2O4. The van der Waals surface area contributed by atoms with Crippen LogP contribution in [0.1, 0.15) is 61.1 Å². The smallest absolute Gasteiger partial charge is 0.304 e. The van der Waals surface area contributed by atoms with E-state index in [0.29, 0.717) is 23.8 Å². The van der Waals surface area contributed by atoms with E-state index in [2.05, 4.69) is 5.32 Å². The Morgan fingerprint density at radius 2 is 1.94 bits per heavy atom. The summed E-state index contributed by atoms with van der Waals surface area (Å²) in [6.07, 6.45) is 6.71. The Morgan fingerprint density at radius 3 is 2.70 bits per heavy atom. The van der Waals surface area contributed by atoms with Crippen LogP contribution in [-0.4, -0.2) is 36.6 Å². The number of fused-ring (bicyclic) bond motifs is 1. The third-order valence-electron chi connectivity index (χ3n) is 6.59. The van der Waals surface area contributed by atoms with Crippen LogP contribution in [0.4, 0.5) is 10.1 Å². The second kappa shape index (κ2) is 10.8. The monoisotopic (exact) mass is 454 g/mol. The van der Waals surface area contributed by atoms with Crippen LogP contribution in [-0.2, 0) is 22.6 Å². The van der Waals surface area contributed by atoms with E-state index in [1.165, 1.54) is 19.3 Å².